The number of aliphatic hydroxyl groups excluding tert-OH is 1. The second kappa shape index (κ2) is 6.01. The summed E-state index contributed by atoms with van der Waals surface area (Å²) in [6.07, 6.45) is -4.58. The Bertz CT molecular complexity index is 460. The third-order valence-corrected chi connectivity index (χ3v) is 2.53. The van der Waals surface area contributed by atoms with Crippen LogP contribution in [0.4, 0.5) is 17.6 Å². The molecule has 0 unspecified atom stereocenters. The average Bonchev–Trinajstić information content (AvgIpc) is 2.34. The summed E-state index contributed by atoms with van der Waals surface area (Å²) < 4.78 is 51.2. The summed E-state index contributed by atoms with van der Waals surface area (Å²) in [4.78, 5) is 12.9. The van der Waals surface area contributed by atoms with Crippen molar-refractivity contribution in [2.45, 2.75) is 12.6 Å². The monoisotopic (exact) mass is 279 g/mol. The molecule has 3 nitrogen and oxygen atoms in total. The van der Waals surface area contributed by atoms with Crippen molar-refractivity contribution < 1.29 is 27.5 Å². The zero-order chi connectivity index (χ0) is 14.6. The van der Waals surface area contributed by atoms with Crippen LogP contribution < -0.4 is 0 Å². The molecular weight excluding hydrogens is 266 g/mol. The van der Waals surface area contributed by atoms with Crippen LogP contribution in [-0.4, -0.2) is 36.1 Å². The van der Waals surface area contributed by atoms with Gasteiger partial charge in [-0.3, -0.25) is 4.79 Å². The first-order valence-electron chi connectivity index (χ1n) is 5.51. The van der Waals surface area contributed by atoms with Gasteiger partial charge in [-0.1, -0.05) is 6.07 Å². The van der Waals surface area contributed by atoms with E-state index in [0.717, 1.165) is 17.0 Å². The summed E-state index contributed by atoms with van der Waals surface area (Å²) in [5, 5.41) is 8.61. The number of amides is 1. The molecule has 0 fully saturated rings. The predicted molar refractivity (Wildman–Crippen MR) is 60.1 cm³/mol. The van der Waals surface area contributed by atoms with Crippen LogP contribution in [-0.2, 0) is 6.18 Å². The number of carbonyl (C=O) groups excluding carboxylic acids is 1. The van der Waals surface area contributed by atoms with Gasteiger partial charge in [-0.25, -0.2) is 4.39 Å². The van der Waals surface area contributed by atoms with Gasteiger partial charge in [0, 0.05) is 20.2 Å². The molecular formula is C12H13F4NO2. The van der Waals surface area contributed by atoms with Crippen molar-refractivity contribution in [2.24, 2.45) is 0 Å². The molecule has 19 heavy (non-hydrogen) atoms. The molecule has 0 aliphatic rings. The van der Waals surface area contributed by atoms with Gasteiger partial charge in [0.2, 0.25) is 0 Å². The van der Waals surface area contributed by atoms with E-state index in [9.17, 15) is 22.4 Å². The standard InChI is InChI=1S/C12H13F4NO2/c1-17(6-3-7-18)11(19)8-4-2-5-9(10(8)13)12(14,15)16/h2,4-5,18H,3,6-7H2,1H3. The molecule has 0 spiro atoms. The Kier molecular flexibility index (Phi) is 4.88. The van der Waals surface area contributed by atoms with Crippen LogP contribution in [0.1, 0.15) is 22.3 Å². The lowest BCUT2D eigenvalue weighted by Crippen LogP contribution is -2.29. The van der Waals surface area contributed by atoms with E-state index in [1.54, 1.807) is 0 Å². The van der Waals surface area contributed by atoms with E-state index < -0.39 is 29.0 Å². The first kappa shape index (κ1) is 15.4. The number of hydrogen-bond donors (Lipinski definition) is 1. The van der Waals surface area contributed by atoms with Crippen LogP contribution in [0.3, 0.4) is 0 Å². The van der Waals surface area contributed by atoms with Crippen molar-refractivity contribution in [1.82, 2.24) is 4.90 Å². The lowest BCUT2D eigenvalue weighted by Gasteiger charge is -2.18. The van der Waals surface area contributed by atoms with E-state index in [-0.39, 0.29) is 19.6 Å². The van der Waals surface area contributed by atoms with Crippen LogP contribution in [0.5, 0.6) is 0 Å². The van der Waals surface area contributed by atoms with Gasteiger partial charge < -0.3 is 10.0 Å². The minimum absolute atomic E-state index is 0.130. The number of rotatable bonds is 4. The Hall–Kier alpha value is -1.63. The van der Waals surface area contributed by atoms with Gasteiger partial charge in [0.15, 0.2) is 0 Å². The number of benzene rings is 1. The van der Waals surface area contributed by atoms with E-state index in [1.165, 1.54) is 7.05 Å². The molecule has 0 aliphatic heterocycles. The van der Waals surface area contributed by atoms with Crippen molar-refractivity contribution in [3.05, 3.63) is 35.1 Å². The lowest BCUT2D eigenvalue weighted by molar-refractivity contribution is -0.140. The number of halogens is 4. The summed E-state index contributed by atoms with van der Waals surface area (Å²) in [7, 11) is 1.33. The molecule has 1 N–H and O–H groups in total. The maximum Gasteiger partial charge on any atom is 0.419 e. The maximum atomic E-state index is 13.7. The van der Waals surface area contributed by atoms with Crippen molar-refractivity contribution in [3.8, 4) is 0 Å². The fraction of sp³-hybridized carbons (Fsp3) is 0.417. The van der Waals surface area contributed by atoms with Gasteiger partial charge in [0.25, 0.3) is 5.91 Å². The minimum atomic E-state index is -4.84. The average molecular weight is 279 g/mol. The molecule has 0 saturated carbocycles. The third-order valence-electron chi connectivity index (χ3n) is 2.53. The number of alkyl halides is 3. The maximum absolute atomic E-state index is 13.7. The predicted octanol–water partition coefficient (Wildman–Crippen LogP) is 2.30. The highest BCUT2D eigenvalue weighted by molar-refractivity contribution is 5.94. The van der Waals surface area contributed by atoms with Crippen molar-refractivity contribution in [3.63, 3.8) is 0 Å². The number of aliphatic hydroxyl groups is 1. The Balaban J connectivity index is 3.05. The van der Waals surface area contributed by atoms with Gasteiger partial charge >= 0.3 is 6.18 Å². The van der Waals surface area contributed by atoms with Gasteiger partial charge in [0.05, 0.1) is 11.1 Å². The minimum Gasteiger partial charge on any atom is -0.396 e. The zero-order valence-electron chi connectivity index (χ0n) is 10.2. The molecule has 0 heterocycles. The molecule has 0 aromatic heterocycles. The SMILES string of the molecule is CN(CCCO)C(=O)c1cccc(C(F)(F)F)c1F. The van der Waals surface area contributed by atoms with Crippen LogP contribution in [0.25, 0.3) is 0 Å². The van der Waals surface area contributed by atoms with E-state index in [2.05, 4.69) is 0 Å². The molecule has 1 aromatic rings. The highest BCUT2D eigenvalue weighted by Gasteiger charge is 2.35. The first-order valence-corrected chi connectivity index (χ1v) is 5.51. The van der Waals surface area contributed by atoms with Crippen molar-refractivity contribution in [1.29, 1.82) is 0 Å². The zero-order valence-corrected chi connectivity index (χ0v) is 10.2. The first-order chi connectivity index (χ1) is 8.79. The van der Waals surface area contributed by atoms with Crippen LogP contribution in [0, 0.1) is 5.82 Å². The summed E-state index contributed by atoms with van der Waals surface area (Å²) in [5.74, 6) is -2.42. The van der Waals surface area contributed by atoms with E-state index >= 15 is 0 Å². The normalized spacial score (nSPS) is 11.5. The highest BCUT2D eigenvalue weighted by atomic mass is 19.4. The number of hydrogen-bond acceptors (Lipinski definition) is 2. The molecule has 1 aromatic carbocycles. The molecule has 1 rings (SSSR count). The molecule has 0 saturated heterocycles. The Morgan fingerprint density at radius 3 is 2.53 bits per heavy atom. The summed E-state index contributed by atoms with van der Waals surface area (Å²) in [6, 6.07) is 2.57. The molecule has 7 heteroatoms. The fourth-order valence-corrected chi connectivity index (χ4v) is 1.53. The van der Waals surface area contributed by atoms with E-state index in [0.29, 0.717) is 6.07 Å². The molecule has 0 bridgehead atoms. The topological polar surface area (TPSA) is 40.5 Å². The Labute approximate surface area is 107 Å². The fourth-order valence-electron chi connectivity index (χ4n) is 1.53. The quantitative estimate of drug-likeness (QED) is 0.859. The van der Waals surface area contributed by atoms with Gasteiger partial charge in [-0.2, -0.15) is 13.2 Å². The molecule has 1 amide bonds. The van der Waals surface area contributed by atoms with Gasteiger partial charge in [0.1, 0.15) is 5.82 Å². The Morgan fingerprint density at radius 1 is 1.37 bits per heavy atom. The van der Waals surface area contributed by atoms with Crippen LogP contribution in [0.15, 0.2) is 18.2 Å². The number of carbonyl (C=O) groups is 1. The lowest BCUT2D eigenvalue weighted by atomic mass is 10.1. The van der Waals surface area contributed by atoms with E-state index in [4.69, 9.17) is 5.11 Å². The summed E-state index contributed by atoms with van der Waals surface area (Å²) in [6.45, 7) is -0.0340. The smallest absolute Gasteiger partial charge is 0.396 e. The van der Waals surface area contributed by atoms with Crippen LogP contribution >= 0.6 is 0 Å². The molecule has 0 atom stereocenters. The van der Waals surface area contributed by atoms with Crippen molar-refractivity contribution in [2.75, 3.05) is 20.2 Å². The number of nitrogens with zero attached hydrogens (tertiary/aromatic N) is 1. The third kappa shape index (κ3) is 3.66. The van der Waals surface area contributed by atoms with E-state index in [1.807, 2.05) is 0 Å². The second-order valence-corrected chi connectivity index (χ2v) is 3.97. The highest BCUT2D eigenvalue weighted by Crippen LogP contribution is 2.32. The summed E-state index contributed by atoms with van der Waals surface area (Å²) >= 11 is 0. The molecule has 0 aliphatic carbocycles. The summed E-state index contributed by atoms with van der Waals surface area (Å²) in [5.41, 5.74) is -2.09. The van der Waals surface area contributed by atoms with Crippen LogP contribution in [0.2, 0.25) is 0 Å². The van der Waals surface area contributed by atoms with Crippen molar-refractivity contribution >= 4 is 5.91 Å². The second-order valence-electron chi connectivity index (χ2n) is 3.97. The van der Waals surface area contributed by atoms with Gasteiger partial charge in [-0.05, 0) is 18.6 Å². The molecule has 106 valence electrons. The largest absolute Gasteiger partial charge is 0.419 e. The molecule has 0 radical (unpaired) electrons. The van der Waals surface area contributed by atoms with Gasteiger partial charge in [-0.15, -0.1) is 0 Å². The Morgan fingerprint density at radius 2 is 2.00 bits per heavy atom.